The van der Waals surface area contributed by atoms with E-state index >= 15 is 0 Å². The van der Waals surface area contributed by atoms with Crippen LogP contribution < -0.4 is 9.47 Å². The Morgan fingerprint density at radius 1 is 1.06 bits per heavy atom. The van der Waals surface area contributed by atoms with Crippen LogP contribution in [0.25, 0.3) is 0 Å². The Labute approximate surface area is 183 Å². The molecule has 0 spiro atoms. The summed E-state index contributed by atoms with van der Waals surface area (Å²) in [5.74, 6) is 0.502. The van der Waals surface area contributed by atoms with Gasteiger partial charge in [-0.05, 0) is 63.8 Å². The number of hydrogen-bond donors (Lipinski definition) is 2. The van der Waals surface area contributed by atoms with E-state index in [2.05, 4.69) is 6.08 Å². The normalized spacial score (nSPS) is 15.0. The second kappa shape index (κ2) is 9.29. The van der Waals surface area contributed by atoms with Gasteiger partial charge in [0.15, 0.2) is 5.78 Å². The van der Waals surface area contributed by atoms with Gasteiger partial charge in [-0.2, -0.15) is 0 Å². The lowest BCUT2D eigenvalue weighted by Gasteiger charge is -2.28. The van der Waals surface area contributed by atoms with Crippen molar-refractivity contribution in [3.8, 4) is 23.0 Å². The van der Waals surface area contributed by atoms with Crippen LogP contribution in [-0.4, -0.2) is 23.1 Å². The number of methoxy groups -OCH3 is 1. The van der Waals surface area contributed by atoms with Crippen molar-refractivity contribution in [3.05, 3.63) is 69.8 Å². The highest BCUT2D eigenvalue weighted by Crippen LogP contribution is 2.45. The molecule has 1 aliphatic rings. The fourth-order valence-corrected chi connectivity index (χ4v) is 3.69. The van der Waals surface area contributed by atoms with E-state index in [-0.39, 0.29) is 35.0 Å². The molecule has 1 heterocycles. The van der Waals surface area contributed by atoms with Crippen LogP contribution in [0.4, 0.5) is 0 Å². The molecule has 0 radical (unpaired) electrons. The molecule has 0 saturated carbocycles. The summed E-state index contributed by atoms with van der Waals surface area (Å²) < 4.78 is 11.7. The number of benzene rings is 2. The molecule has 0 amide bonds. The second-order valence-corrected chi connectivity index (χ2v) is 8.37. The summed E-state index contributed by atoms with van der Waals surface area (Å²) in [6, 6.07) is 7.00. The van der Waals surface area contributed by atoms with Gasteiger partial charge in [0, 0.05) is 11.6 Å². The Morgan fingerprint density at radius 3 is 2.39 bits per heavy atom. The van der Waals surface area contributed by atoms with Crippen LogP contribution in [0.15, 0.2) is 47.6 Å². The quantitative estimate of drug-likeness (QED) is 0.573. The Balaban J connectivity index is 2.04. The topological polar surface area (TPSA) is 76.0 Å². The summed E-state index contributed by atoms with van der Waals surface area (Å²) in [5.41, 5.74) is 4.80. The summed E-state index contributed by atoms with van der Waals surface area (Å²) in [5, 5.41) is 20.7. The van der Waals surface area contributed by atoms with E-state index in [0.29, 0.717) is 18.4 Å². The van der Waals surface area contributed by atoms with Crippen LogP contribution in [0, 0.1) is 0 Å². The van der Waals surface area contributed by atoms with Gasteiger partial charge in [0.25, 0.3) is 0 Å². The fourth-order valence-electron chi connectivity index (χ4n) is 3.69. The molecule has 0 aliphatic carbocycles. The molecular formula is C26H30O5. The molecule has 5 nitrogen and oxygen atoms in total. The third-order valence-corrected chi connectivity index (χ3v) is 5.37. The lowest BCUT2D eigenvalue weighted by atomic mass is 9.91. The highest BCUT2D eigenvalue weighted by atomic mass is 16.5. The zero-order chi connectivity index (χ0) is 22.7. The predicted octanol–water partition coefficient (Wildman–Crippen LogP) is 5.83. The molecule has 2 aromatic carbocycles. The molecule has 1 atom stereocenters. The minimum absolute atomic E-state index is 0.0822. The number of rotatable bonds is 6. The summed E-state index contributed by atoms with van der Waals surface area (Å²) in [6.07, 6.45) is 4.80. The smallest absolute Gasteiger partial charge is 0.174 e. The monoisotopic (exact) mass is 422 g/mol. The first-order valence-corrected chi connectivity index (χ1v) is 10.4. The van der Waals surface area contributed by atoms with Crippen molar-refractivity contribution in [1.29, 1.82) is 0 Å². The van der Waals surface area contributed by atoms with Crippen molar-refractivity contribution in [1.82, 2.24) is 0 Å². The van der Waals surface area contributed by atoms with Crippen LogP contribution in [-0.2, 0) is 12.8 Å². The van der Waals surface area contributed by atoms with Gasteiger partial charge in [-0.25, -0.2) is 0 Å². The largest absolute Gasteiger partial charge is 0.507 e. The number of carbonyl (C=O) groups is 1. The van der Waals surface area contributed by atoms with Gasteiger partial charge in [-0.15, -0.1) is 0 Å². The number of ketones is 1. The van der Waals surface area contributed by atoms with Gasteiger partial charge >= 0.3 is 0 Å². The number of hydrogen-bond acceptors (Lipinski definition) is 5. The minimum Gasteiger partial charge on any atom is -0.507 e. The maximum Gasteiger partial charge on any atom is 0.174 e. The molecule has 31 heavy (non-hydrogen) atoms. The summed E-state index contributed by atoms with van der Waals surface area (Å²) in [4.78, 5) is 12.9. The van der Waals surface area contributed by atoms with Gasteiger partial charge < -0.3 is 19.7 Å². The summed E-state index contributed by atoms with van der Waals surface area (Å²) in [6.45, 7) is 8.01. The lowest BCUT2D eigenvalue weighted by Crippen LogP contribution is -2.22. The molecule has 0 fully saturated rings. The molecule has 3 rings (SSSR count). The number of phenols is 2. The Kier molecular flexibility index (Phi) is 6.74. The Hall–Kier alpha value is -3.21. The molecule has 5 heteroatoms. The van der Waals surface area contributed by atoms with Gasteiger partial charge in [0.1, 0.15) is 34.7 Å². The third kappa shape index (κ3) is 4.93. The van der Waals surface area contributed by atoms with E-state index in [9.17, 15) is 15.0 Å². The van der Waals surface area contributed by atoms with E-state index in [4.69, 9.17) is 9.47 Å². The van der Waals surface area contributed by atoms with E-state index in [1.54, 1.807) is 7.11 Å². The number of fused-ring (bicyclic) bond motifs is 1. The highest BCUT2D eigenvalue weighted by Gasteiger charge is 2.33. The van der Waals surface area contributed by atoms with Crippen molar-refractivity contribution in [3.63, 3.8) is 0 Å². The maximum absolute atomic E-state index is 12.9. The van der Waals surface area contributed by atoms with Crippen molar-refractivity contribution in [2.75, 3.05) is 7.11 Å². The van der Waals surface area contributed by atoms with Crippen molar-refractivity contribution in [2.45, 2.75) is 53.1 Å². The minimum atomic E-state index is -0.511. The molecule has 0 aromatic heterocycles. The SMILES string of the molecule is COc1ccc(C2CC(=O)c3c(O)cc(O)c(CC=C(C)C)c3O2)cc1CC=C(C)C. The average Bonchev–Trinajstić information content (AvgIpc) is 2.70. The van der Waals surface area contributed by atoms with Crippen LogP contribution in [0.1, 0.15) is 67.3 Å². The van der Waals surface area contributed by atoms with E-state index < -0.39 is 6.10 Å². The zero-order valence-electron chi connectivity index (χ0n) is 18.8. The van der Waals surface area contributed by atoms with Crippen molar-refractivity contribution >= 4 is 5.78 Å². The van der Waals surface area contributed by atoms with Crippen molar-refractivity contribution < 1.29 is 24.5 Å². The third-order valence-electron chi connectivity index (χ3n) is 5.37. The molecule has 1 unspecified atom stereocenters. The van der Waals surface area contributed by atoms with Crippen LogP contribution in [0.2, 0.25) is 0 Å². The average molecular weight is 423 g/mol. The zero-order valence-corrected chi connectivity index (χ0v) is 18.8. The van der Waals surface area contributed by atoms with E-state index in [1.807, 2.05) is 52.0 Å². The number of ether oxygens (including phenoxy) is 2. The van der Waals surface area contributed by atoms with Crippen LogP contribution >= 0.6 is 0 Å². The molecule has 1 aliphatic heterocycles. The fraction of sp³-hybridized carbons (Fsp3) is 0.346. The van der Waals surface area contributed by atoms with Gasteiger partial charge in [-0.3, -0.25) is 4.79 Å². The lowest BCUT2D eigenvalue weighted by molar-refractivity contribution is 0.0842. The first-order chi connectivity index (χ1) is 14.7. The molecule has 0 bridgehead atoms. The van der Waals surface area contributed by atoms with E-state index in [0.717, 1.165) is 22.4 Å². The molecule has 164 valence electrons. The van der Waals surface area contributed by atoms with Gasteiger partial charge in [0.05, 0.1) is 13.5 Å². The van der Waals surface area contributed by atoms with E-state index in [1.165, 1.54) is 11.6 Å². The molecular weight excluding hydrogens is 392 g/mol. The Morgan fingerprint density at radius 2 is 1.74 bits per heavy atom. The molecule has 0 saturated heterocycles. The number of aromatic hydroxyl groups is 2. The number of allylic oxidation sites excluding steroid dienone is 4. The standard InChI is InChI=1S/C26H30O5/c1-15(2)6-8-17-12-18(9-11-23(17)30-5)24-14-22(29)25-21(28)13-20(27)19(26(25)31-24)10-7-16(3)4/h6-7,9,11-13,24,27-28H,8,10,14H2,1-5H3. The second-order valence-electron chi connectivity index (χ2n) is 8.37. The predicted molar refractivity (Wildman–Crippen MR) is 121 cm³/mol. The van der Waals surface area contributed by atoms with Gasteiger partial charge in [-0.1, -0.05) is 29.4 Å². The highest BCUT2D eigenvalue weighted by molar-refractivity contribution is 6.03. The first kappa shape index (κ1) is 22.5. The number of phenolic OH excluding ortho intramolecular Hbond substituents is 2. The number of carbonyl (C=O) groups excluding carboxylic acids is 1. The van der Waals surface area contributed by atoms with Crippen LogP contribution in [0.3, 0.4) is 0 Å². The van der Waals surface area contributed by atoms with Gasteiger partial charge in [0.2, 0.25) is 0 Å². The summed E-state index contributed by atoms with van der Waals surface area (Å²) in [7, 11) is 1.64. The molecule has 2 aromatic rings. The van der Waals surface area contributed by atoms with Crippen LogP contribution in [0.5, 0.6) is 23.0 Å². The Bertz CT molecular complexity index is 1050. The number of Topliss-reactive ketones (excluding diaryl/α,β-unsaturated/α-hetero) is 1. The maximum atomic E-state index is 12.9. The van der Waals surface area contributed by atoms with Crippen molar-refractivity contribution in [2.24, 2.45) is 0 Å². The first-order valence-electron chi connectivity index (χ1n) is 10.4. The summed E-state index contributed by atoms with van der Waals surface area (Å²) >= 11 is 0. The molecule has 2 N–H and O–H groups in total.